The monoisotopic (exact) mass is 348 g/mol. The minimum atomic E-state index is 0. The minimum absolute atomic E-state index is 0. The summed E-state index contributed by atoms with van der Waals surface area (Å²) >= 11 is 4.87. The molecule has 0 aromatic heterocycles. The summed E-state index contributed by atoms with van der Waals surface area (Å²) in [5.74, 6) is 0. The van der Waals surface area contributed by atoms with Gasteiger partial charge in [-0.2, -0.15) is 0 Å². The molecule has 0 heterocycles. The molecule has 0 aliphatic rings. The molecule has 0 N–H and O–H groups in total. The van der Waals surface area contributed by atoms with Gasteiger partial charge >= 0.3 is 22.4 Å². The first-order chi connectivity index (χ1) is 1.00. The third-order valence-electron chi connectivity index (χ3n) is 0. The molecule has 0 saturated carbocycles. The maximum atomic E-state index is 2.91. The number of hydrogen-bond acceptors (Lipinski definition) is 0. The Morgan fingerprint density at radius 2 is 1.25 bits per heavy atom. The molecule has 0 saturated heterocycles. The molecule has 0 amide bonds. The van der Waals surface area contributed by atoms with Crippen molar-refractivity contribution in [2.24, 2.45) is 0 Å². The number of hydrogen-bond donors (Lipinski definition) is 0. The molecule has 32 valence electrons. The van der Waals surface area contributed by atoms with Gasteiger partial charge in [0.15, 0.2) is 0 Å². The Bertz CT molecular complexity index is 8.00. The summed E-state index contributed by atoms with van der Waals surface area (Å²) in [4.78, 5) is 0. The largest absolute Gasteiger partial charge is 1.00 e. The van der Waals surface area contributed by atoms with Crippen molar-refractivity contribution in [3.8, 4) is 0 Å². The standard InChI is InChI=1S/Ag.BrI.ClH/c;1-2;/h;;1H/q+1;;/p-1. The van der Waals surface area contributed by atoms with Crippen LogP contribution in [0.5, 0.6) is 0 Å². The first-order valence-corrected chi connectivity index (χ1v) is 4.98. The summed E-state index contributed by atoms with van der Waals surface area (Å²) in [6.45, 7) is 0. The fourth-order valence-corrected chi connectivity index (χ4v) is 0. The molecular formula is AgBrClI. The molecule has 0 aromatic rings. The van der Waals surface area contributed by atoms with Crippen LogP contribution >= 0.6 is 33.1 Å². The van der Waals surface area contributed by atoms with E-state index in [4.69, 9.17) is 0 Å². The van der Waals surface area contributed by atoms with E-state index in [0.29, 0.717) is 0 Å². The van der Waals surface area contributed by atoms with Crippen LogP contribution in [0.4, 0.5) is 0 Å². The van der Waals surface area contributed by atoms with Crippen molar-refractivity contribution in [3.05, 3.63) is 0 Å². The fraction of sp³-hybridized carbons (Fsp3) is 0. The van der Waals surface area contributed by atoms with E-state index in [0.717, 1.165) is 0 Å². The molecule has 0 radical (unpaired) electrons. The van der Waals surface area contributed by atoms with E-state index >= 15 is 0 Å². The van der Waals surface area contributed by atoms with Crippen LogP contribution in [0.15, 0.2) is 0 Å². The van der Waals surface area contributed by atoms with Crippen LogP contribution in [0.1, 0.15) is 0 Å². The second-order valence-corrected chi connectivity index (χ2v) is 0. The van der Waals surface area contributed by atoms with Crippen LogP contribution in [-0.4, -0.2) is 0 Å². The zero-order valence-electron chi connectivity index (χ0n) is 1.44. The molecule has 4 heteroatoms. The van der Waals surface area contributed by atoms with Gasteiger partial charge in [-0.1, -0.05) is 0 Å². The van der Waals surface area contributed by atoms with Crippen LogP contribution in [-0.2, 0) is 22.4 Å². The molecule has 0 unspecified atom stereocenters. The molecule has 0 spiro atoms. The van der Waals surface area contributed by atoms with Gasteiger partial charge in [0.1, 0.15) is 0 Å². The van der Waals surface area contributed by atoms with Crippen LogP contribution < -0.4 is 12.4 Å². The first-order valence-electron chi connectivity index (χ1n) is 0.143. The summed E-state index contributed by atoms with van der Waals surface area (Å²) in [5, 5.41) is 0. The van der Waals surface area contributed by atoms with Crippen molar-refractivity contribution in [2.45, 2.75) is 0 Å². The van der Waals surface area contributed by atoms with E-state index < -0.39 is 0 Å². The SMILES string of the molecule is BrI.[Ag+].[Cl-]. The van der Waals surface area contributed by atoms with Crippen molar-refractivity contribution in [2.75, 3.05) is 0 Å². The molecule has 0 aromatic carbocycles. The van der Waals surface area contributed by atoms with Gasteiger partial charge in [-0.3, -0.25) is 0 Å². The van der Waals surface area contributed by atoms with Crippen LogP contribution in [0, 0.1) is 0 Å². The molecular weight excluding hydrogens is 350 g/mol. The fourth-order valence-electron chi connectivity index (χ4n) is 0. The van der Waals surface area contributed by atoms with Gasteiger partial charge in [-0.25, -0.2) is 0 Å². The zero-order valence-corrected chi connectivity index (χ0v) is 7.42. The molecule has 0 fully saturated rings. The maximum absolute atomic E-state index is 2.91. The summed E-state index contributed by atoms with van der Waals surface area (Å²) in [7, 11) is 0. The molecule has 0 bridgehead atoms. The van der Waals surface area contributed by atoms with Gasteiger partial charge in [0.2, 0.25) is 0 Å². The van der Waals surface area contributed by atoms with E-state index in [1.165, 1.54) is 0 Å². The van der Waals surface area contributed by atoms with Crippen molar-refractivity contribution >= 4 is 33.1 Å². The summed E-state index contributed by atoms with van der Waals surface area (Å²) in [6.07, 6.45) is 0. The quantitative estimate of drug-likeness (QED) is 0.378. The molecule has 0 rings (SSSR count). The Morgan fingerprint density at radius 3 is 1.25 bits per heavy atom. The van der Waals surface area contributed by atoms with Crippen LogP contribution in [0.3, 0.4) is 0 Å². The van der Waals surface area contributed by atoms with Gasteiger partial charge < -0.3 is 12.4 Å². The molecule has 0 aliphatic heterocycles. The average Bonchev–Trinajstić information content (AvgIpc) is 1.00. The molecule has 0 aliphatic carbocycles. The topological polar surface area (TPSA) is 0 Å². The van der Waals surface area contributed by atoms with Crippen LogP contribution in [0.25, 0.3) is 0 Å². The second kappa shape index (κ2) is 18.8. The van der Waals surface area contributed by atoms with E-state index in [1.807, 2.05) is 20.4 Å². The number of rotatable bonds is 0. The Morgan fingerprint density at radius 1 is 1.25 bits per heavy atom. The molecule has 0 atom stereocenters. The molecule has 0 nitrogen and oxygen atoms in total. The van der Waals surface area contributed by atoms with Crippen molar-refractivity contribution in [3.63, 3.8) is 0 Å². The van der Waals surface area contributed by atoms with Gasteiger partial charge in [-0.05, 0) is 12.7 Å². The van der Waals surface area contributed by atoms with Crippen molar-refractivity contribution in [1.82, 2.24) is 0 Å². The van der Waals surface area contributed by atoms with Gasteiger partial charge in [-0.15, -0.1) is 0 Å². The summed E-state index contributed by atoms with van der Waals surface area (Å²) in [5.41, 5.74) is 0. The Balaban J connectivity index is -0.00000000500. The smallest absolute Gasteiger partial charge is 1.00 e. The van der Waals surface area contributed by atoms with Crippen LogP contribution in [0.2, 0.25) is 0 Å². The second-order valence-electron chi connectivity index (χ2n) is 0. The van der Waals surface area contributed by atoms with E-state index in [9.17, 15) is 0 Å². The summed E-state index contributed by atoms with van der Waals surface area (Å²) < 4.78 is 0. The van der Waals surface area contributed by atoms with Crippen molar-refractivity contribution < 1.29 is 34.8 Å². The Hall–Kier alpha value is 2.24. The zero-order chi connectivity index (χ0) is 2.00. The van der Waals surface area contributed by atoms with Crippen molar-refractivity contribution in [1.29, 1.82) is 0 Å². The summed E-state index contributed by atoms with van der Waals surface area (Å²) in [6, 6.07) is 0. The van der Waals surface area contributed by atoms with E-state index in [2.05, 4.69) is 12.7 Å². The normalized spacial score (nSPS) is 1.50. The van der Waals surface area contributed by atoms with Gasteiger partial charge in [0.05, 0.1) is 0 Å². The van der Waals surface area contributed by atoms with Gasteiger partial charge in [0.25, 0.3) is 0 Å². The third kappa shape index (κ3) is 8.87. The van der Waals surface area contributed by atoms with E-state index in [-0.39, 0.29) is 34.8 Å². The van der Waals surface area contributed by atoms with Gasteiger partial charge in [0, 0.05) is 20.4 Å². The predicted octanol–water partition coefficient (Wildman–Crippen LogP) is -1.27. The third-order valence-corrected chi connectivity index (χ3v) is 0. The molecule has 4 heavy (non-hydrogen) atoms. The minimum Gasteiger partial charge on any atom is -1.00 e. The average molecular weight is 350 g/mol. The number of halogens is 3. The Labute approximate surface area is 66.9 Å². The first kappa shape index (κ1) is 16.3. The predicted molar refractivity (Wildman–Crippen MR) is 22.9 cm³/mol. The van der Waals surface area contributed by atoms with E-state index in [1.54, 1.807) is 0 Å². The maximum Gasteiger partial charge on any atom is 1.00 e. The Kier molecular flexibility index (Phi) is 76.6.